The molecule has 1 fully saturated rings. The van der Waals surface area contributed by atoms with Gasteiger partial charge in [-0.25, -0.2) is 9.78 Å². The third-order valence-electron chi connectivity index (χ3n) is 4.64. The monoisotopic (exact) mass is 490 g/mol. The number of amides is 2. The molecule has 2 amide bonds. The van der Waals surface area contributed by atoms with Gasteiger partial charge in [-0.15, -0.1) is 0 Å². The first kappa shape index (κ1) is 22.8. The van der Waals surface area contributed by atoms with Crippen molar-refractivity contribution in [2.75, 3.05) is 29.0 Å². The Bertz CT molecular complexity index is 962. The fourth-order valence-corrected chi connectivity index (χ4v) is 3.67. The first-order valence-corrected chi connectivity index (χ1v) is 10.8. The number of carbonyl (C=O) groups is 2. The Morgan fingerprint density at radius 1 is 1.29 bits per heavy atom. The second-order valence-corrected chi connectivity index (χ2v) is 9.16. The molecule has 2 aromatic heterocycles. The van der Waals surface area contributed by atoms with Crippen LogP contribution in [0.4, 0.5) is 21.9 Å². The SMILES string of the molecule is CC(C)(C)OC(=O)N[C@H]1CCCN(c2ccncc2NC(=O)c2nc(Br)ccc2N)C1. The number of carbonyl (C=O) groups excluding carboxylic acids is 2. The van der Waals surface area contributed by atoms with Crippen molar-refractivity contribution in [2.24, 2.45) is 0 Å². The van der Waals surface area contributed by atoms with E-state index in [0.717, 1.165) is 25.1 Å². The normalized spacial score (nSPS) is 16.5. The fraction of sp³-hybridized carbons (Fsp3) is 0.429. The zero-order valence-electron chi connectivity index (χ0n) is 17.8. The molecule has 9 nitrogen and oxygen atoms in total. The predicted molar refractivity (Wildman–Crippen MR) is 123 cm³/mol. The summed E-state index contributed by atoms with van der Waals surface area (Å²) < 4.78 is 5.89. The van der Waals surface area contributed by atoms with Crippen molar-refractivity contribution in [3.05, 3.63) is 40.9 Å². The molecule has 2 aromatic rings. The third-order valence-corrected chi connectivity index (χ3v) is 5.08. The highest BCUT2D eigenvalue weighted by atomic mass is 79.9. The maximum Gasteiger partial charge on any atom is 0.407 e. The van der Waals surface area contributed by atoms with Crippen LogP contribution in [0.25, 0.3) is 0 Å². The molecule has 0 unspecified atom stereocenters. The lowest BCUT2D eigenvalue weighted by Crippen LogP contribution is -2.49. The van der Waals surface area contributed by atoms with E-state index in [1.165, 1.54) is 0 Å². The molecular weight excluding hydrogens is 464 g/mol. The second-order valence-electron chi connectivity index (χ2n) is 8.35. The van der Waals surface area contributed by atoms with Crippen LogP contribution in [-0.4, -0.2) is 46.7 Å². The molecule has 0 aromatic carbocycles. The van der Waals surface area contributed by atoms with E-state index in [1.54, 1.807) is 24.5 Å². The highest BCUT2D eigenvalue weighted by molar-refractivity contribution is 9.10. The van der Waals surface area contributed by atoms with Crippen LogP contribution in [0.2, 0.25) is 0 Å². The lowest BCUT2D eigenvalue weighted by Gasteiger charge is -2.35. The van der Waals surface area contributed by atoms with Gasteiger partial charge in [-0.1, -0.05) is 0 Å². The second kappa shape index (κ2) is 9.51. The molecule has 1 saturated heterocycles. The number of halogens is 1. The molecule has 3 rings (SSSR count). The largest absolute Gasteiger partial charge is 0.444 e. The van der Waals surface area contributed by atoms with Crippen LogP contribution < -0.4 is 21.3 Å². The number of nitrogen functional groups attached to an aromatic ring is 1. The van der Waals surface area contributed by atoms with Crippen LogP contribution >= 0.6 is 15.9 Å². The van der Waals surface area contributed by atoms with Gasteiger partial charge in [0, 0.05) is 25.3 Å². The maximum absolute atomic E-state index is 12.8. The Morgan fingerprint density at radius 2 is 2.06 bits per heavy atom. The van der Waals surface area contributed by atoms with Crippen molar-refractivity contribution < 1.29 is 14.3 Å². The van der Waals surface area contributed by atoms with E-state index < -0.39 is 17.6 Å². The Hall–Kier alpha value is -2.88. The summed E-state index contributed by atoms with van der Waals surface area (Å²) in [6, 6.07) is 5.06. The number of rotatable bonds is 4. The van der Waals surface area contributed by atoms with Gasteiger partial charge in [-0.2, -0.15) is 0 Å². The van der Waals surface area contributed by atoms with E-state index in [1.807, 2.05) is 26.8 Å². The minimum absolute atomic E-state index is 0.0669. The first-order valence-electron chi connectivity index (χ1n) is 10.0. The summed E-state index contributed by atoms with van der Waals surface area (Å²) in [5.74, 6) is -0.423. The number of hydrogen-bond acceptors (Lipinski definition) is 7. The van der Waals surface area contributed by atoms with Gasteiger partial charge in [0.15, 0.2) is 5.69 Å². The number of nitrogens with two attached hydrogens (primary N) is 1. The number of hydrogen-bond donors (Lipinski definition) is 3. The topological polar surface area (TPSA) is 122 Å². The van der Waals surface area contributed by atoms with Crippen LogP contribution in [0.5, 0.6) is 0 Å². The van der Waals surface area contributed by atoms with Crippen molar-refractivity contribution >= 4 is 45.0 Å². The number of aromatic nitrogens is 2. The van der Waals surface area contributed by atoms with Crippen LogP contribution in [0.3, 0.4) is 0 Å². The summed E-state index contributed by atoms with van der Waals surface area (Å²) in [6.07, 6.45) is 4.56. The Kier molecular flexibility index (Phi) is 6.99. The van der Waals surface area contributed by atoms with Crippen molar-refractivity contribution in [1.29, 1.82) is 0 Å². The molecule has 1 atom stereocenters. The fourth-order valence-electron chi connectivity index (χ4n) is 3.36. The summed E-state index contributed by atoms with van der Waals surface area (Å²) in [5, 5.41) is 5.80. The van der Waals surface area contributed by atoms with Gasteiger partial charge < -0.3 is 26.0 Å². The summed E-state index contributed by atoms with van der Waals surface area (Å²) in [5.41, 5.74) is 7.13. The molecule has 0 saturated carbocycles. The third kappa shape index (κ3) is 6.30. The zero-order chi connectivity index (χ0) is 22.6. The quantitative estimate of drug-likeness (QED) is 0.559. The van der Waals surface area contributed by atoms with Gasteiger partial charge in [0.05, 0.1) is 23.3 Å². The average Bonchev–Trinajstić information content (AvgIpc) is 2.69. The molecule has 10 heteroatoms. The lowest BCUT2D eigenvalue weighted by atomic mass is 10.0. The summed E-state index contributed by atoms with van der Waals surface area (Å²) in [6.45, 7) is 6.87. The van der Waals surface area contributed by atoms with Crippen LogP contribution in [0, 0.1) is 0 Å². The van der Waals surface area contributed by atoms with Crippen LogP contribution in [-0.2, 0) is 4.74 Å². The van der Waals surface area contributed by atoms with Gasteiger partial charge in [0.1, 0.15) is 10.2 Å². The predicted octanol–water partition coefficient (Wildman–Crippen LogP) is 3.57. The van der Waals surface area contributed by atoms with E-state index in [2.05, 4.69) is 41.4 Å². The van der Waals surface area contributed by atoms with Crippen molar-refractivity contribution in [3.8, 4) is 0 Å². The summed E-state index contributed by atoms with van der Waals surface area (Å²) >= 11 is 3.26. The molecule has 3 heterocycles. The number of piperidine rings is 1. The molecule has 31 heavy (non-hydrogen) atoms. The van der Waals surface area contributed by atoms with Crippen LogP contribution in [0.1, 0.15) is 44.1 Å². The standard InChI is InChI=1S/C21H27BrN6O3/c1-21(2,3)31-20(30)25-13-5-4-10-28(12-13)16-8-9-24-11-15(16)26-19(29)18-14(23)6-7-17(22)27-18/h6-9,11,13H,4-5,10,12,23H2,1-3H3,(H,25,30)(H,26,29)/t13-/m0/s1. The number of nitrogens with one attached hydrogen (secondary N) is 2. The Balaban J connectivity index is 1.73. The Morgan fingerprint density at radius 3 is 2.81 bits per heavy atom. The smallest absolute Gasteiger partial charge is 0.407 e. The molecule has 1 aliphatic rings. The van der Waals surface area contributed by atoms with Crippen molar-refractivity contribution in [1.82, 2.24) is 15.3 Å². The van der Waals surface area contributed by atoms with Gasteiger partial charge in [-0.05, 0) is 67.7 Å². The number of nitrogens with zero attached hydrogens (tertiary/aromatic N) is 3. The number of alkyl carbamates (subject to hydrolysis) is 1. The minimum atomic E-state index is -0.552. The summed E-state index contributed by atoms with van der Waals surface area (Å²) in [7, 11) is 0. The van der Waals surface area contributed by atoms with E-state index in [0.29, 0.717) is 16.8 Å². The zero-order valence-corrected chi connectivity index (χ0v) is 19.4. The molecule has 166 valence electrons. The average molecular weight is 491 g/mol. The van der Waals surface area contributed by atoms with Crippen molar-refractivity contribution in [3.63, 3.8) is 0 Å². The number of anilines is 3. The van der Waals surface area contributed by atoms with Gasteiger partial charge in [0.25, 0.3) is 5.91 Å². The minimum Gasteiger partial charge on any atom is -0.444 e. The lowest BCUT2D eigenvalue weighted by molar-refractivity contribution is 0.0500. The highest BCUT2D eigenvalue weighted by Crippen LogP contribution is 2.28. The molecule has 4 N–H and O–H groups in total. The number of ether oxygens (including phenoxy) is 1. The van der Waals surface area contributed by atoms with E-state index in [4.69, 9.17) is 10.5 Å². The van der Waals surface area contributed by atoms with Crippen LogP contribution in [0.15, 0.2) is 35.2 Å². The number of pyridine rings is 2. The highest BCUT2D eigenvalue weighted by Gasteiger charge is 2.26. The van der Waals surface area contributed by atoms with E-state index in [9.17, 15) is 9.59 Å². The molecule has 0 aliphatic carbocycles. The van der Waals surface area contributed by atoms with E-state index in [-0.39, 0.29) is 17.4 Å². The molecular formula is C21H27BrN6O3. The molecule has 0 radical (unpaired) electrons. The maximum atomic E-state index is 12.8. The van der Waals surface area contributed by atoms with E-state index >= 15 is 0 Å². The Labute approximate surface area is 189 Å². The molecule has 0 bridgehead atoms. The van der Waals surface area contributed by atoms with Gasteiger partial charge in [-0.3, -0.25) is 9.78 Å². The van der Waals surface area contributed by atoms with Gasteiger partial charge >= 0.3 is 6.09 Å². The first-order chi connectivity index (χ1) is 14.6. The molecule has 1 aliphatic heterocycles. The summed E-state index contributed by atoms with van der Waals surface area (Å²) in [4.78, 5) is 35.4. The molecule has 0 spiro atoms. The van der Waals surface area contributed by atoms with Crippen molar-refractivity contribution in [2.45, 2.75) is 45.3 Å². The van der Waals surface area contributed by atoms with Gasteiger partial charge in [0.2, 0.25) is 0 Å².